The third kappa shape index (κ3) is 2.42. The Kier molecular flexibility index (Phi) is 3.37. The summed E-state index contributed by atoms with van der Waals surface area (Å²) in [5, 5.41) is 1.29. The van der Waals surface area contributed by atoms with Gasteiger partial charge in [0.1, 0.15) is 0 Å². The van der Waals surface area contributed by atoms with Crippen molar-refractivity contribution in [2.24, 2.45) is 0 Å². The Hall–Kier alpha value is -1.26. The fourth-order valence-electron chi connectivity index (χ4n) is 2.45. The van der Waals surface area contributed by atoms with Crippen LogP contribution in [0.1, 0.15) is 30.5 Å². The molecule has 0 saturated carbocycles. The van der Waals surface area contributed by atoms with E-state index in [-0.39, 0.29) is 0 Å². The molecule has 0 bridgehead atoms. The lowest BCUT2D eigenvalue weighted by Crippen LogP contribution is -2.48. The molecule has 100 valence electrons. The van der Waals surface area contributed by atoms with Crippen molar-refractivity contribution in [2.75, 3.05) is 13.1 Å². The third-order valence-electron chi connectivity index (χ3n) is 3.74. The number of nitrogens with zero attached hydrogens (tertiary/aromatic N) is 3. The van der Waals surface area contributed by atoms with E-state index in [0.29, 0.717) is 12.0 Å². The summed E-state index contributed by atoms with van der Waals surface area (Å²) < 4.78 is 0. The first-order chi connectivity index (χ1) is 9.15. The van der Waals surface area contributed by atoms with Crippen molar-refractivity contribution in [1.29, 1.82) is 0 Å². The van der Waals surface area contributed by atoms with Crippen LogP contribution in [-0.4, -0.2) is 34.0 Å². The first kappa shape index (κ1) is 12.8. The molecular formula is C15H19N3S. The second-order valence-corrected chi connectivity index (χ2v) is 6.48. The lowest BCUT2D eigenvalue weighted by Gasteiger charge is -2.41. The Labute approximate surface area is 118 Å². The van der Waals surface area contributed by atoms with Crippen LogP contribution in [0.5, 0.6) is 0 Å². The van der Waals surface area contributed by atoms with Crippen LogP contribution in [0.25, 0.3) is 10.4 Å². The summed E-state index contributed by atoms with van der Waals surface area (Å²) in [6, 6.07) is 4.77. The first-order valence-electron chi connectivity index (χ1n) is 6.77. The summed E-state index contributed by atoms with van der Waals surface area (Å²) in [5.74, 6) is 0.627. The van der Waals surface area contributed by atoms with E-state index in [1.807, 2.05) is 23.7 Å². The van der Waals surface area contributed by atoms with Crippen LogP contribution in [0, 0.1) is 6.92 Å². The molecule has 3 nitrogen and oxygen atoms in total. The Balaban J connectivity index is 1.80. The monoisotopic (exact) mass is 273 g/mol. The highest BCUT2D eigenvalue weighted by atomic mass is 32.1. The van der Waals surface area contributed by atoms with Gasteiger partial charge in [0.25, 0.3) is 0 Å². The lowest BCUT2D eigenvalue weighted by atomic mass is 9.99. The van der Waals surface area contributed by atoms with E-state index in [1.54, 1.807) is 0 Å². The zero-order valence-corrected chi connectivity index (χ0v) is 12.4. The van der Waals surface area contributed by atoms with Gasteiger partial charge in [0.15, 0.2) is 0 Å². The van der Waals surface area contributed by atoms with Crippen LogP contribution in [0.3, 0.4) is 0 Å². The fourth-order valence-corrected chi connectivity index (χ4v) is 3.61. The van der Waals surface area contributed by atoms with Crippen LogP contribution in [0.15, 0.2) is 24.5 Å². The highest BCUT2D eigenvalue weighted by Gasteiger charge is 2.32. The van der Waals surface area contributed by atoms with Gasteiger partial charge in [-0.1, -0.05) is 0 Å². The van der Waals surface area contributed by atoms with E-state index in [2.05, 4.69) is 42.8 Å². The smallest absolute Gasteiger partial charge is 0.0991 e. The quantitative estimate of drug-likeness (QED) is 0.859. The summed E-state index contributed by atoms with van der Waals surface area (Å²) >= 11 is 1.84. The molecule has 0 N–H and O–H groups in total. The van der Waals surface area contributed by atoms with Gasteiger partial charge < -0.3 is 0 Å². The summed E-state index contributed by atoms with van der Waals surface area (Å²) in [7, 11) is 0. The Morgan fingerprint density at radius 2 is 1.95 bits per heavy atom. The molecule has 0 aliphatic carbocycles. The van der Waals surface area contributed by atoms with Crippen LogP contribution >= 0.6 is 11.3 Å². The van der Waals surface area contributed by atoms with Gasteiger partial charge >= 0.3 is 0 Å². The van der Waals surface area contributed by atoms with Gasteiger partial charge in [0.05, 0.1) is 15.6 Å². The van der Waals surface area contributed by atoms with Crippen molar-refractivity contribution >= 4 is 11.3 Å². The van der Waals surface area contributed by atoms with Crippen LogP contribution in [0.4, 0.5) is 0 Å². The molecule has 0 unspecified atom stereocenters. The van der Waals surface area contributed by atoms with Crippen molar-refractivity contribution < 1.29 is 0 Å². The molecule has 0 spiro atoms. The van der Waals surface area contributed by atoms with Gasteiger partial charge in [-0.25, -0.2) is 4.98 Å². The molecule has 3 rings (SSSR count). The lowest BCUT2D eigenvalue weighted by molar-refractivity contribution is 0.110. The number of likely N-dealkylation sites (tertiary alicyclic amines) is 1. The minimum Gasteiger partial charge on any atom is -0.299 e. The van der Waals surface area contributed by atoms with Gasteiger partial charge in [-0.15, -0.1) is 11.3 Å². The van der Waals surface area contributed by atoms with Crippen molar-refractivity contribution in [3.05, 3.63) is 35.2 Å². The zero-order valence-electron chi connectivity index (χ0n) is 11.6. The predicted octanol–water partition coefficient (Wildman–Crippen LogP) is 3.32. The largest absolute Gasteiger partial charge is 0.299 e. The van der Waals surface area contributed by atoms with Crippen molar-refractivity contribution in [1.82, 2.24) is 14.9 Å². The van der Waals surface area contributed by atoms with E-state index in [4.69, 9.17) is 4.98 Å². The Bertz CT molecular complexity index is 556. The Morgan fingerprint density at radius 3 is 2.58 bits per heavy atom. The average Bonchev–Trinajstić information content (AvgIpc) is 2.70. The molecule has 0 radical (unpaired) electrons. The normalized spacial score (nSPS) is 16.8. The second kappa shape index (κ2) is 5.02. The summed E-state index contributed by atoms with van der Waals surface area (Å²) in [4.78, 5) is 12.6. The van der Waals surface area contributed by atoms with E-state index in [0.717, 1.165) is 18.8 Å². The number of aromatic nitrogens is 2. The molecule has 2 aromatic rings. The molecule has 3 heterocycles. The second-order valence-electron chi connectivity index (χ2n) is 5.45. The van der Waals surface area contributed by atoms with E-state index in [1.165, 1.54) is 15.4 Å². The minimum atomic E-state index is 0.627. The molecule has 0 atom stereocenters. The summed E-state index contributed by atoms with van der Waals surface area (Å²) in [5.41, 5.74) is 2.38. The molecule has 1 aliphatic heterocycles. The maximum atomic E-state index is 4.77. The summed E-state index contributed by atoms with van der Waals surface area (Å²) in [6.45, 7) is 8.92. The van der Waals surface area contributed by atoms with Crippen LogP contribution in [0.2, 0.25) is 0 Å². The highest BCUT2D eigenvalue weighted by molar-refractivity contribution is 7.15. The fraction of sp³-hybridized carbons (Fsp3) is 0.467. The van der Waals surface area contributed by atoms with Crippen molar-refractivity contribution in [3.8, 4) is 10.4 Å². The zero-order chi connectivity index (χ0) is 13.4. The molecule has 4 heteroatoms. The number of rotatable bonds is 3. The molecule has 0 amide bonds. The summed E-state index contributed by atoms with van der Waals surface area (Å²) in [6.07, 6.45) is 3.69. The molecule has 0 aromatic carbocycles. The standard InChI is InChI=1S/C15H19N3S/c1-10(2)18-8-13(9-18)15-17-11(3)14(19-15)12-4-6-16-7-5-12/h4-7,10,13H,8-9H2,1-3H3. The van der Waals surface area contributed by atoms with Crippen molar-refractivity contribution in [3.63, 3.8) is 0 Å². The maximum Gasteiger partial charge on any atom is 0.0991 e. The molecule has 2 aromatic heterocycles. The Morgan fingerprint density at radius 1 is 1.26 bits per heavy atom. The van der Waals surface area contributed by atoms with Gasteiger partial charge in [0, 0.05) is 37.4 Å². The minimum absolute atomic E-state index is 0.627. The number of aryl methyl sites for hydroxylation is 1. The number of hydrogen-bond donors (Lipinski definition) is 0. The molecule has 1 aliphatic rings. The van der Waals surface area contributed by atoms with E-state index in [9.17, 15) is 0 Å². The molecular weight excluding hydrogens is 254 g/mol. The third-order valence-corrected chi connectivity index (χ3v) is 5.11. The van der Waals surface area contributed by atoms with Crippen LogP contribution in [-0.2, 0) is 0 Å². The molecule has 19 heavy (non-hydrogen) atoms. The van der Waals surface area contributed by atoms with E-state index >= 15 is 0 Å². The first-order valence-corrected chi connectivity index (χ1v) is 7.58. The highest BCUT2D eigenvalue weighted by Crippen LogP contribution is 2.36. The number of hydrogen-bond acceptors (Lipinski definition) is 4. The van der Waals surface area contributed by atoms with E-state index < -0.39 is 0 Å². The topological polar surface area (TPSA) is 29.0 Å². The number of pyridine rings is 1. The van der Waals surface area contributed by atoms with Gasteiger partial charge in [-0.05, 0) is 38.5 Å². The number of thiazole rings is 1. The maximum absolute atomic E-state index is 4.77. The SMILES string of the molecule is Cc1nc(C2CN(C(C)C)C2)sc1-c1ccncc1. The van der Waals surface area contributed by atoms with Crippen LogP contribution < -0.4 is 0 Å². The van der Waals surface area contributed by atoms with Crippen molar-refractivity contribution in [2.45, 2.75) is 32.7 Å². The van der Waals surface area contributed by atoms with Gasteiger partial charge in [0.2, 0.25) is 0 Å². The molecule has 1 fully saturated rings. The van der Waals surface area contributed by atoms with Gasteiger partial charge in [-0.3, -0.25) is 9.88 Å². The average molecular weight is 273 g/mol. The van der Waals surface area contributed by atoms with Gasteiger partial charge in [-0.2, -0.15) is 0 Å². The predicted molar refractivity (Wildman–Crippen MR) is 79.5 cm³/mol. The molecule has 1 saturated heterocycles.